The van der Waals surface area contributed by atoms with Gasteiger partial charge in [-0.1, -0.05) is 37.3 Å². The van der Waals surface area contributed by atoms with Crippen LogP contribution < -0.4 is 5.32 Å². The predicted molar refractivity (Wildman–Crippen MR) is 81.8 cm³/mol. The lowest BCUT2D eigenvalue weighted by atomic mass is 9.93. The smallest absolute Gasteiger partial charge is 0.323 e. The summed E-state index contributed by atoms with van der Waals surface area (Å²) in [7, 11) is 4.03. The number of carbonyl (C=O) groups is 1. The Morgan fingerprint density at radius 1 is 1.30 bits per heavy atom. The summed E-state index contributed by atoms with van der Waals surface area (Å²) in [5.74, 6) is -0.0972. The molecule has 20 heavy (non-hydrogen) atoms. The third-order valence-electron chi connectivity index (χ3n) is 3.29. The minimum absolute atomic E-state index is 0.0809. The van der Waals surface area contributed by atoms with Crippen molar-refractivity contribution in [1.29, 1.82) is 0 Å². The topological polar surface area (TPSA) is 41.6 Å². The van der Waals surface area contributed by atoms with Crippen LogP contribution in [0.1, 0.15) is 25.3 Å². The minimum atomic E-state index is -0.308. The molecule has 0 radical (unpaired) electrons. The normalized spacial score (nSPS) is 14.1. The summed E-state index contributed by atoms with van der Waals surface area (Å²) in [5, 5.41) is 3.32. The second kappa shape index (κ2) is 8.72. The molecule has 0 aliphatic rings. The van der Waals surface area contributed by atoms with Gasteiger partial charge in [0.05, 0.1) is 6.61 Å². The number of hydrogen-bond acceptors (Lipinski definition) is 4. The van der Waals surface area contributed by atoms with Crippen molar-refractivity contribution in [3.8, 4) is 0 Å². The highest BCUT2D eigenvalue weighted by Crippen LogP contribution is 2.19. The van der Waals surface area contributed by atoms with Crippen molar-refractivity contribution in [2.24, 2.45) is 0 Å². The molecule has 2 unspecified atom stereocenters. The Labute approximate surface area is 122 Å². The van der Waals surface area contributed by atoms with Gasteiger partial charge in [0.2, 0.25) is 0 Å². The molecule has 0 heterocycles. The number of likely N-dealkylation sites (N-methyl/N-ethyl adjacent to an activating group) is 1. The average molecular weight is 278 g/mol. The van der Waals surface area contributed by atoms with E-state index in [0.717, 1.165) is 18.7 Å². The molecule has 4 heteroatoms. The molecule has 0 saturated heterocycles. The van der Waals surface area contributed by atoms with Gasteiger partial charge >= 0.3 is 5.97 Å². The van der Waals surface area contributed by atoms with Crippen molar-refractivity contribution in [3.05, 3.63) is 35.9 Å². The van der Waals surface area contributed by atoms with Gasteiger partial charge in [0.25, 0.3) is 0 Å². The quantitative estimate of drug-likeness (QED) is 0.737. The van der Waals surface area contributed by atoms with E-state index < -0.39 is 0 Å². The molecule has 2 atom stereocenters. The van der Waals surface area contributed by atoms with Crippen LogP contribution in [-0.2, 0) is 9.53 Å². The van der Waals surface area contributed by atoms with Gasteiger partial charge < -0.3 is 15.0 Å². The van der Waals surface area contributed by atoms with Crippen LogP contribution in [0.25, 0.3) is 0 Å². The van der Waals surface area contributed by atoms with Crippen molar-refractivity contribution in [3.63, 3.8) is 0 Å². The minimum Gasteiger partial charge on any atom is -0.465 e. The lowest BCUT2D eigenvalue weighted by molar-refractivity contribution is -0.146. The molecular weight excluding hydrogens is 252 g/mol. The zero-order chi connectivity index (χ0) is 15.0. The van der Waals surface area contributed by atoms with Crippen molar-refractivity contribution < 1.29 is 9.53 Å². The number of hydrogen-bond donors (Lipinski definition) is 1. The first kappa shape index (κ1) is 16.7. The van der Waals surface area contributed by atoms with E-state index in [4.69, 9.17) is 4.74 Å². The van der Waals surface area contributed by atoms with Crippen LogP contribution in [0.3, 0.4) is 0 Å². The first-order valence-electron chi connectivity index (χ1n) is 7.16. The van der Waals surface area contributed by atoms with E-state index in [1.165, 1.54) is 0 Å². The number of nitrogens with one attached hydrogen (secondary N) is 1. The van der Waals surface area contributed by atoms with E-state index in [2.05, 4.69) is 17.1 Å². The lowest BCUT2D eigenvalue weighted by Gasteiger charge is -2.24. The third kappa shape index (κ3) is 5.31. The van der Waals surface area contributed by atoms with E-state index in [9.17, 15) is 4.79 Å². The fraction of sp³-hybridized carbons (Fsp3) is 0.562. The largest absolute Gasteiger partial charge is 0.465 e. The first-order valence-corrected chi connectivity index (χ1v) is 7.16. The van der Waals surface area contributed by atoms with Crippen LogP contribution in [-0.4, -0.2) is 50.7 Å². The number of nitrogens with zero attached hydrogens (tertiary/aromatic N) is 1. The Morgan fingerprint density at radius 3 is 2.50 bits per heavy atom. The summed E-state index contributed by atoms with van der Waals surface area (Å²) in [6.07, 6.45) is 0. The van der Waals surface area contributed by atoms with Gasteiger partial charge in [-0.3, -0.25) is 4.79 Å². The van der Waals surface area contributed by atoms with Crippen LogP contribution in [0.2, 0.25) is 0 Å². The van der Waals surface area contributed by atoms with Gasteiger partial charge in [0.15, 0.2) is 0 Å². The standard InChI is InChI=1S/C16H26N2O2/c1-5-20-16(19)15(17-11-12-18(3)4)13(2)14-9-7-6-8-10-14/h6-10,13,15,17H,5,11-12H2,1-4H3. The molecule has 0 aliphatic heterocycles. The highest BCUT2D eigenvalue weighted by molar-refractivity contribution is 5.77. The molecule has 0 bridgehead atoms. The summed E-state index contributed by atoms with van der Waals surface area (Å²) in [4.78, 5) is 14.2. The third-order valence-corrected chi connectivity index (χ3v) is 3.29. The van der Waals surface area contributed by atoms with Crippen molar-refractivity contribution in [2.75, 3.05) is 33.8 Å². The SMILES string of the molecule is CCOC(=O)C(NCCN(C)C)C(C)c1ccccc1. The number of ether oxygens (including phenoxy) is 1. The Kier molecular flexibility index (Phi) is 7.26. The maximum atomic E-state index is 12.1. The van der Waals surface area contributed by atoms with Crippen molar-refractivity contribution in [2.45, 2.75) is 25.8 Å². The predicted octanol–water partition coefficient (Wildman–Crippen LogP) is 1.87. The summed E-state index contributed by atoms with van der Waals surface area (Å²) in [6.45, 7) is 5.94. The number of esters is 1. The van der Waals surface area contributed by atoms with Crippen LogP contribution in [0, 0.1) is 0 Å². The second-order valence-corrected chi connectivity index (χ2v) is 5.19. The van der Waals surface area contributed by atoms with Gasteiger partial charge in [-0.05, 0) is 26.6 Å². The summed E-state index contributed by atoms with van der Waals surface area (Å²) < 4.78 is 5.19. The second-order valence-electron chi connectivity index (χ2n) is 5.19. The van der Waals surface area contributed by atoms with E-state index in [1.54, 1.807) is 0 Å². The van der Waals surface area contributed by atoms with Crippen LogP contribution in [0.4, 0.5) is 0 Å². The molecule has 0 aliphatic carbocycles. The first-order chi connectivity index (χ1) is 9.56. The van der Waals surface area contributed by atoms with Gasteiger partial charge in [-0.25, -0.2) is 0 Å². The molecule has 0 aromatic heterocycles. The fourth-order valence-corrected chi connectivity index (χ4v) is 2.09. The number of carbonyl (C=O) groups excluding carboxylic acids is 1. The molecule has 1 rings (SSSR count). The van der Waals surface area contributed by atoms with Crippen LogP contribution >= 0.6 is 0 Å². The molecule has 112 valence electrons. The maximum Gasteiger partial charge on any atom is 0.323 e. The average Bonchev–Trinajstić information content (AvgIpc) is 2.44. The van der Waals surface area contributed by atoms with Gasteiger partial charge in [-0.2, -0.15) is 0 Å². The van der Waals surface area contributed by atoms with Gasteiger partial charge in [-0.15, -0.1) is 0 Å². The Balaban J connectivity index is 2.73. The zero-order valence-electron chi connectivity index (χ0n) is 12.9. The molecule has 1 N–H and O–H groups in total. The summed E-state index contributed by atoms with van der Waals surface area (Å²) >= 11 is 0. The molecule has 0 saturated carbocycles. The van der Waals surface area contributed by atoms with E-state index in [1.807, 2.05) is 51.4 Å². The summed E-state index contributed by atoms with van der Waals surface area (Å²) in [5.41, 5.74) is 1.14. The number of rotatable bonds is 8. The van der Waals surface area contributed by atoms with Crippen molar-refractivity contribution in [1.82, 2.24) is 10.2 Å². The van der Waals surface area contributed by atoms with Crippen molar-refractivity contribution >= 4 is 5.97 Å². The molecule has 1 aromatic carbocycles. The number of benzene rings is 1. The van der Waals surface area contributed by atoms with E-state index >= 15 is 0 Å². The summed E-state index contributed by atoms with van der Waals surface area (Å²) in [6, 6.07) is 9.75. The van der Waals surface area contributed by atoms with Gasteiger partial charge in [0.1, 0.15) is 6.04 Å². The molecule has 0 amide bonds. The molecular formula is C16H26N2O2. The fourth-order valence-electron chi connectivity index (χ4n) is 2.09. The Hall–Kier alpha value is -1.39. The van der Waals surface area contributed by atoms with E-state index in [0.29, 0.717) is 6.61 Å². The molecule has 0 spiro atoms. The van der Waals surface area contributed by atoms with Crippen LogP contribution in [0.15, 0.2) is 30.3 Å². The maximum absolute atomic E-state index is 12.1. The lowest BCUT2D eigenvalue weighted by Crippen LogP contribution is -2.44. The zero-order valence-corrected chi connectivity index (χ0v) is 12.9. The highest BCUT2D eigenvalue weighted by atomic mass is 16.5. The van der Waals surface area contributed by atoms with Gasteiger partial charge in [0, 0.05) is 19.0 Å². The molecule has 4 nitrogen and oxygen atoms in total. The van der Waals surface area contributed by atoms with Crippen LogP contribution in [0.5, 0.6) is 0 Å². The monoisotopic (exact) mass is 278 g/mol. The molecule has 1 aromatic rings. The molecule has 0 fully saturated rings. The Bertz CT molecular complexity index is 393. The van der Waals surface area contributed by atoms with E-state index in [-0.39, 0.29) is 17.9 Å². The Morgan fingerprint density at radius 2 is 1.95 bits per heavy atom. The highest BCUT2D eigenvalue weighted by Gasteiger charge is 2.26.